The summed E-state index contributed by atoms with van der Waals surface area (Å²) in [6.45, 7) is 4.25. The average Bonchev–Trinajstić information content (AvgIpc) is 2.90. The van der Waals surface area contributed by atoms with Crippen molar-refractivity contribution in [3.05, 3.63) is 46.1 Å². The molecule has 3 aromatic heterocycles. The molecule has 0 aliphatic carbocycles. The quantitative estimate of drug-likeness (QED) is 0.693. The summed E-state index contributed by atoms with van der Waals surface area (Å²) >= 11 is 0. The van der Waals surface area contributed by atoms with E-state index in [-0.39, 0.29) is 5.69 Å². The molecule has 0 bridgehead atoms. The van der Waals surface area contributed by atoms with Crippen molar-refractivity contribution in [1.82, 2.24) is 24.3 Å². The summed E-state index contributed by atoms with van der Waals surface area (Å²) in [5, 5.41) is 8.12. The summed E-state index contributed by atoms with van der Waals surface area (Å²) in [5.74, 6) is 0.788. The van der Waals surface area contributed by atoms with E-state index >= 15 is 0 Å². The molecule has 0 spiro atoms. The van der Waals surface area contributed by atoms with Crippen LogP contribution in [0.15, 0.2) is 27.9 Å². The molecule has 3 heterocycles. The first-order chi connectivity index (χ1) is 9.16. The molecule has 98 valence electrons. The van der Waals surface area contributed by atoms with Crippen molar-refractivity contribution in [2.75, 3.05) is 0 Å². The van der Waals surface area contributed by atoms with Crippen LogP contribution < -0.4 is 5.69 Å². The standard InChI is InChI=1S/C12H13N5O2/c1-8-10(9(2)19-15-8)3-5-17-12(18)16-6-4-13-7-11(16)14-17/h4,6-7H,3,5H2,1-2H3. The van der Waals surface area contributed by atoms with Crippen LogP contribution in [0.25, 0.3) is 5.65 Å². The monoisotopic (exact) mass is 259 g/mol. The first kappa shape index (κ1) is 11.6. The lowest BCUT2D eigenvalue weighted by Gasteiger charge is -1.99. The van der Waals surface area contributed by atoms with Gasteiger partial charge in [-0.25, -0.2) is 13.9 Å². The molecule has 3 aromatic rings. The number of aryl methyl sites for hydroxylation is 3. The van der Waals surface area contributed by atoms with Crippen LogP contribution in [-0.2, 0) is 13.0 Å². The molecule has 0 radical (unpaired) electrons. The molecule has 7 heteroatoms. The van der Waals surface area contributed by atoms with Crippen LogP contribution in [0.4, 0.5) is 0 Å². The highest BCUT2D eigenvalue weighted by Crippen LogP contribution is 2.13. The van der Waals surface area contributed by atoms with Crippen molar-refractivity contribution < 1.29 is 4.52 Å². The zero-order valence-electron chi connectivity index (χ0n) is 10.7. The second-order valence-corrected chi connectivity index (χ2v) is 4.36. The minimum absolute atomic E-state index is 0.163. The van der Waals surface area contributed by atoms with E-state index in [1.54, 1.807) is 18.6 Å². The van der Waals surface area contributed by atoms with Crippen LogP contribution in [0.2, 0.25) is 0 Å². The van der Waals surface area contributed by atoms with Crippen molar-refractivity contribution >= 4 is 5.65 Å². The van der Waals surface area contributed by atoms with Crippen molar-refractivity contribution in [1.29, 1.82) is 0 Å². The molecule has 0 N–H and O–H groups in total. The normalized spacial score (nSPS) is 11.3. The summed E-state index contributed by atoms with van der Waals surface area (Å²) in [7, 11) is 0. The van der Waals surface area contributed by atoms with Gasteiger partial charge in [0.2, 0.25) is 0 Å². The second-order valence-electron chi connectivity index (χ2n) is 4.36. The van der Waals surface area contributed by atoms with Gasteiger partial charge in [-0.2, -0.15) is 0 Å². The van der Waals surface area contributed by atoms with Crippen molar-refractivity contribution in [2.24, 2.45) is 0 Å². The van der Waals surface area contributed by atoms with E-state index in [0.717, 1.165) is 17.0 Å². The fourth-order valence-electron chi connectivity index (χ4n) is 2.10. The summed E-state index contributed by atoms with van der Waals surface area (Å²) < 4.78 is 8.01. The highest BCUT2D eigenvalue weighted by atomic mass is 16.5. The third kappa shape index (κ3) is 1.92. The van der Waals surface area contributed by atoms with Gasteiger partial charge in [0.25, 0.3) is 0 Å². The Balaban J connectivity index is 1.90. The maximum Gasteiger partial charge on any atom is 0.350 e. The van der Waals surface area contributed by atoms with Gasteiger partial charge in [0.1, 0.15) is 5.76 Å². The molecule has 19 heavy (non-hydrogen) atoms. The highest BCUT2D eigenvalue weighted by Gasteiger charge is 2.11. The van der Waals surface area contributed by atoms with E-state index in [1.165, 1.54) is 9.08 Å². The topological polar surface area (TPSA) is 78.2 Å². The first-order valence-corrected chi connectivity index (χ1v) is 5.98. The predicted octanol–water partition coefficient (Wildman–Crippen LogP) is 0.739. The molecule has 0 amide bonds. The van der Waals surface area contributed by atoms with Gasteiger partial charge >= 0.3 is 5.69 Å². The van der Waals surface area contributed by atoms with E-state index in [2.05, 4.69) is 15.2 Å². The number of fused-ring (bicyclic) bond motifs is 1. The fraction of sp³-hybridized carbons (Fsp3) is 0.333. The Morgan fingerprint density at radius 1 is 1.37 bits per heavy atom. The van der Waals surface area contributed by atoms with E-state index in [0.29, 0.717) is 18.6 Å². The minimum Gasteiger partial charge on any atom is -0.361 e. The van der Waals surface area contributed by atoms with Crippen molar-refractivity contribution in [2.45, 2.75) is 26.8 Å². The average molecular weight is 259 g/mol. The highest BCUT2D eigenvalue weighted by molar-refractivity contribution is 5.31. The number of hydrogen-bond acceptors (Lipinski definition) is 5. The Kier molecular flexibility index (Phi) is 2.66. The number of aromatic nitrogens is 5. The summed E-state index contributed by atoms with van der Waals surface area (Å²) in [5.41, 5.74) is 2.27. The zero-order valence-corrected chi connectivity index (χ0v) is 10.7. The van der Waals surface area contributed by atoms with Crippen LogP contribution in [-0.4, -0.2) is 24.3 Å². The van der Waals surface area contributed by atoms with Crippen LogP contribution in [0.5, 0.6) is 0 Å². The van der Waals surface area contributed by atoms with Crippen LogP contribution >= 0.6 is 0 Å². The Morgan fingerprint density at radius 3 is 2.89 bits per heavy atom. The molecule has 0 aliphatic heterocycles. The maximum atomic E-state index is 12.1. The predicted molar refractivity (Wildman–Crippen MR) is 66.9 cm³/mol. The molecule has 0 saturated heterocycles. The van der Waals surface area contributed by atoms with Gasteiger partial charge in [-0.15, -0.1) is 5.10 Å². The van der Waals surface area contributed by atoms with Gasteiger partial charge in [-0.1, -0.05) is 5.16 Å². The lowest BCUT2D eigenvalue weighted by Crippen LogP contribution is -2.22. The lowest BCUT2D eigenvalue weighted by molar-refractivity contribution is 0.392. The van der Waals surface area contributed by atoms with E-state index in [4.69, 9.17) is 4.52 Å². The smallest absolute Gasteiger partial charge is 0.350 e. The number of hydrogen-bond donors (Lipinski definition) is 0. The lowest BCUT2D eigenvalue weighted by atomic mass is 10.1. The first-order valence-electron chi connectivity index (χ1n) is 5.98. The summed E-state index contributed by atoms with van der Waals surface area (Å²) in [6.07, 6.45) is 5.40. The SMILES string of the molecule is Cc1noc(C)c1CCn1nc2cnccn2c1=O. The Labute approximate surface area is 108 Å². The molecule has 0 saturated carbocycles. The minimum atomic E-state index is -0.163. The summed E-state index contributed by atoms with van der Waals surface area (Å²) in [4.78, 5) is 16.0. The number of rotatable bonds is 3. The second kappa shape index (κ2) is 4.34. The Morgan fingerprint density at radius 2 is 2.21 bits per heavy atom. The van der Waals surface area contributed by atoms with E-state index < -0.39 is 0 Å². The largest absolute Gasteiger partial charge is 0.361 e. The van der Waals surface area contributed by atoms with Gasteiger partial charge < -0.3 is 4.52 Å². The molecule has 0 atom stereocenters. The van der Waals surface area contributed by atoms with Crippen molar-refractivity contribution in [3.63, 3.8) is 0 Å². The van der Waals surface area contributed by atoms with Crippen LogP contribution in [0.3, 0.4) is 0 Å². The molecular formula is C12H13N5O2. The Bertz CT molecular complexity index is 763. The van der Waals surface area contributed by atoms with Gasteiger partial charge in [-0.05, 0) is 20.3 Å². The number of nitrogens with zero attached hydrogens (tertiary/aromatic N) is 5. The third-order valence-electron chi connectivity index (χ3n) is 3.14. The fourth-order valence-corrected chi connectivity index (χ4v) is 2.10. The molecule has 0 aliphatic rings. The third-order valence-corrected chi connectivity index (χ3v) is 3.14. The van der Waals surface area contributed by atoms with Crippen LogP contribution in [0.1, 0.15) is 17.0 Å². The maximum absolute atomic E-state index is 12.1. The van der Waals surface area contributed by atoms with Gasteiger partial charge in [0.15, 0.2) is 5.65 Å². The van der Waals surface area contributed by atoms with Crippen LogP contribution in [0, 0.1) is 13.8 Å². The van der Waals surface area contributed by atoms with Gasteiger partial charge in [-0.3, -0.25) is 4.98 Å². The van der Waals surface area contributed by atoms with E-state index in [9.17, 15) is 4.79 Å². The van der Waals surface area contributed by atoms with Gasteiger partial charge in [0, 0.05) is 18.0 Å². The molecule has 0 unspecified atom stereocenters. The van der Waals surface area contributed by atoms with E-state index in [1.807, 2.05) is 13.8 Å². The molecule has 3 rings (SSSR count). The summed E-state index contributed by atoms with van der Waals surface area (Å²) in [6, 6.07) is 0. The Hall–Kier alpha value is -2.44. The molecule has 7 nitrogen and oxygen atoms in total. The molecule has 0 fully saturated rings. The zero-order chi connectivity index (χ0) is 13.4. The van der Waals surface area contributed by atoms with Crippen molar-refractivity contribution in [3.8, 4) is 0 Å². The molecule has 0 aromatic carbocycles. The van der Waals surface area contributed by atoms with Gasteiger partial charge in [0.05, 0.1) is 18.4 Å². The molecular weight excluding hydrogens is 246 g/mol.